The Morgan fingerprint density at radius 3 is 2.72 bits per heavy atom. The number of nitrogens with one attached hydrogen (secondary N) is 1. The number of amides is 1. The van der Waals surface area contributed by atoms with E-state index < -0.39 is 0 Å². The van der Waals surface area contributed by atoms with Crippen molar-refractivity contribution in [3.8, 4) is 0 Å². The number of pyridine rings is 1. The SMILES string of the molecule is O=C(NCc1ccc(Cl)cc1)c1csc2ncc(CC3CCOCC3)cc2c1=O. The summed E-state index contributed by atoms with van der Waals surface area (Å²) in [6, 6.07) is 9.12. The predicted octanol–water partition coefficient (Wildman–Crippen LogP) is 4.21. The third-order valence-electron chi connectivity index (χ3n) is 5.16. The van der Waals surface area contributed by atoms with Crippen LogP contribution in [0.2, 0.25) is 5.02 Å². The molecule has 3 aromatic rings. The van der Waals surface area contributed by atoms with E-state index in [1.807, 2.05) is 24.4 Å². The molecule has 1 amide bonds. The Morgan fingerprint density at radius 1 is 1.21 bits per heavy atom. The highest BCUT2D eigenvalue weighted by Crippen LogP contribution is 2.22. The molecule has 0 aliphatic carbocycles. The summed E-state index contributed by atoms with van der Waals surface area (Å²) in [4.78, 5) is 30.6. The Kier molecular flexibility index (Phi) is 6.23. The maximum atomic E-state index is 12.9. The molecule has 5 nitrogen and oxygen atoms in total. The number of hydrogen-bond donors (Lipinski definition) is 1. The van der Waals surface area contributed by atoms with Crippen molar-refractivity contribution in [2.24, 2.45) is 5.92 Å². The molecule has 0 atom stereocenters. The lowest BCUT2D eigenvalue weighted by molar-refractivity contribution is 0.0665. The van der Waals surface area contributed by atoms with Gasteiger partial charge in [0.05, 0.1) is 10.9 Å². The van der Waals surface area contributed by atoms with Crippen LogP contribution in [0.4, 0.5) is 0 Å². The molecule has 0 spiro atoms. The van der Waals surface area contributed by atoms with Gasteiger partial charge in [-0.25, -0.2) is 4.98 Å². The largest absolute Gasteiger partial charge is 0.381 e. The summed E-state index contributed by atoms with van der Waals surface area (Å²) in [7, 11) is 0. The van der Waals surface area contributed by atoms with Crippen molar-refractivity contribution in [1.29, 1.82) is 0 Å². The van der Waals surface area contributed by atoms with Crippen molar-refractivity contribution in [3.05, 3.63) is 73.8 Å². The predicted molar refractivity (Wildman–Crippen MR) is 116 cm³/mol. The number of halogens is 1. The van der Waals surface area contributed by atoms with Gasteiger partial charge in [-0.15, -0.1) is 11.3 Å². The summed E-state index contributed by atoms with van der Waals surface area (Å²) < 4.78 is 5.41. The molecule has 0 bridgehead atoms. The molecule has 0 saturated carbocycles. The van der Waals surface area contributed by atoms with Crippen LogP contribution in [0.1, 0.15) is 34.3 Å². The molecule has 0 unspecified atom stereocenters. The quantitative estimate of drug-likeness (QED) is 0.661. The summed E-state index contributed by atoms with van der Waals surface area (Å²) >= 11 is 7.20. The first kappa shape index (κ1) is 20.0. The van der Waals surface area contributed by atoms with Gasteiger partial charge in [-0.3, -0.25) is 9.59 Å². The number of carbonyl (C=O) groups is 1. The van der Waals surface area contributed by atoms with Crippen LogP contribution in [-0.4, -0.2) is 24.1 Å². The van der Waals surface area contributed by atoms with E-state index in [2.05, 4.69) is 10.3 Å². The van der Waals surface area contributed by atoms with E-state index in [9.17, 15) is 9.59 Å². The molecule has 7 heteroatoms. The number of ether oxygens (including phenoxy) is 1. The zero-order chi connectivity index (χ0) is 20.2. The lowest BCUT2D eigenvalue weighted by Crippen LogP contribution is -2.28. The van der Waals surface area contributed by atoms with Gasteiger partial charge < -0.3 is 10.1 Å². The number of aromatic nitrogens is 1. The highest BCUT2D eigenvalue weighted by Gasteiger charge is 2.17. The summed E-state index contributed by atoms with van der Waals surface area (Å²) in [5, 5.41) is 5.55. The second-order valence-electron chi connectivity index (χ2n) is 7.24. The van der Waals surface area contributed by atoms with Gasteiger partial charge in [-0.05, 0) is 54.5 Å². The molecule has 150 valence electrons. The van der Waals surface area contributed by atoms with E-state index in [1.54, 1.807) is 17.5 Å². The monoisotopic (exact) mass is 428 g/mol. The molecule has 3 heterocycles. The van der Waals surface area contributed by atoms with Crippen LogP contribution >= 0.6 is 22.9 Å². The van der Waals surface area contributed by atoms with E-state index in [0.717, 1.165) is 43.6 Å². The van der Waals surface area contributed by atoms with Gasteiger partial charge in [0.1, 0.15) is 4.83 Å². The zero-order valence-electron chi connectivity index (χ0n) is 15.8. The molecule has 4 rings (SSSR count). The van der Waals surface area contributed by atoms with Crippen molar-refractivity contribution in [3.63, 3.8) is 0 Å². The highest BCUT2D eigenvalue weighted by atomic mass is 35.5. The molecule has 1 aromatic carbocycles. The molecule has 1 aliphatic rings. The number of nitrogens with zero attached hydrogens (tertiary/aromatic N) is 1. The van der Waals surface area contributed by atoms with Gasteiger partial charge in [0.15, 0.2) is 0 Å². The van der Waals surface area contributed by atoms with Crippen molar-refractivity contribution in [2.45, 2.75) is 25.8 Å². The standard InChI is InChI=1S/C22H21ClN2O3S/c23-17-3-1-15(2-4-17)11-24-21(27)19-13-29-22-18(20(19)26)10-16(12-25-22)9-14-5-7-28-8-6-14/h1-4,10,12-14H,5-9,11H2,(H,24,27). The van der Waals surface area contributed by atoms with Gasteiger partial charge in [0.25, 0.3) is 5.91 Å². The second-order valence-corrected chi connectivity index (χ2v) is 8.54. The number of carbonyl (C=O) groups excluding carboxylic acids is 1. The number of benzene rings is 1. The van der Waals surface area contributed by atoms with Crippen LogP contribution in [0.3, 0.4) is 0 Å². The van der Waals surface area contributed by atoms with E-state index in [-0.39, 0.29) is 16.9 Å². The first-order chi connectivity index (χ1) is 14.1. The fraction of sp³-hybridized carbons (Fsp3) is 0.318. The molecule has 1 saturated heterocycles. The van der Waals surface area contributed by atoms with Crippen LogP contribution in [0.5, 0.6) is 0 Å². The van der Waals surface area contributed by atoms with Crippen molar-refractivity contribution in [2.75, 3.05) is 13.2 Å². The van der Waals surface area contributed by atoms with Crippen molar-refractivity contribution < 1.29 is 9.53 Å². The maximum absolute atomic E-state index is 12.9. The van der Waals surface area contributed by atoms with E-state index >= 15 is 0 Å². The summed E-state index contributed by atoms with van der Waals surface area (Å²) in [5.74, 6) is 0.172. The number of fused-ring (bicyclic) bond motifs is 1. The van der Waals surface area contributed by atoms with Crippen molar-refractivity contribution in [1.82, 2.24) is 10.3 Å². The van der Waals surface area contributed by atoms with Crippen molar-refractivity contribution >= 4 is 39.1 Å². The first-order valence-electron chi connectivity index (χ1n) is 9.61. The third-order valence-corrected chi connectivity index (χ3v) is 6.32. The molecular formula is C22H21ClN2O3S. The summed E-state index contributed by atoms with van der Waals surface area (Å²) in [6.45, 7) is 1.91. The van der Waals surface area contributed by atoms with Gasteiger partial charge in [-0.1, -0.05) is 23.7 Å². The molecule has 29 heavy (non-hydrogen) atoms. The highest BCUT2D eigenvalue weighted by molar-refractivity contribution is 7.16. The van der Waals surface area contributed by atoms with Crippen LogP contribution in [0.25, 0.3) is 10.2 Å². The smallest absolute Gasteiger partial charge is 0.256 e. The van der Waals surface area contributed by atoms with Gasteiger partial charge in [-0.2, -0.15) is 0 Å². The van der Waals surface area contributed by atoms with Gasteiger partial charge >= 0.3 is 0 Å². The molecular weight excluding hydrogens is 408 g/mol. The average Bonchev–Trinajstić information content (AvgIpc) is 2.74. The van der Waals surface area contributed by atoms with Crippen LogP contribution in [0, 0.1) is 5.92 Å². The van der Waals surface area contributed by atoms with E-state index in [1.165, 1.54) is 11.3 Å². The Morgan fingerprint density at radius 2 is 1.97 bits per heavy atom. The molecule has 0 radical (unpaired) electrons. The van der Waals surface area contributed by atoms with E-state index in [0.29, 0.717) is 27.7 Å². The van der Waals surface area contributed by atoms with Gasteiger partial charge in [0, 0.05) is 36.4 Å². The fourth-order valence-electron chi connectivity index (χ4n) is 3.50. The third kappa shape index (κ3) is 4.83. The van der Waals surface area contributed by atoms with Crippen LogP contribution in [0.15, 0.2) is 46.7 Å². The Balaban J connectivity index is 1.52. The minimum atomic E-state index is -0.377. The zero-order valence-corrected chi connectivity index (χ0v) is 17.4. The fourth-order valence-corrected chi connectivity index (χ4v) is 4.46. The Labute approximate surface area is 177 Å². The minimum Gasteiger partial charge on any atom is -0.381 e. The molecule has 1 N–H and O–H groups in total. The maximum Gasteiger partial charge on any atom is 0.256 e. The Bertz CT molecular complexity index is 1080. The lowest BCUT2D eigenvalue weighted by atomic mass is 9.93. The number of hydrogen-bond acceptors (Lipinski definition) is 5. The number of rotatable bonds is 5. The van der Waals surface area contributed by atoms with Gasteiger partial charge in [0.2, 0.25) is 5.43 Å². The topological polar surface area (TPSA) is 68.3 Å². The molecule has 2 aromatic heterocycles. The molecule has 1 aliphatic heterocycles. The van der Waals surface area contributed by atoms with Crippen LogP contribution in [-0.2, 0) is 17.7 Å². The normalized spacial score (nSPS) is 14.8. The first-order valence-corrected chi connectivity index (χ1v) is 10.9. The summed E-state index contributed by atoms with van der Waals surface area (Å²) in [5.41, 5.74) is 1.84. The van der Waals surface area contributed by atoms with Crippen LogP contribution < -0.4 is 10.7 Å². The van der Waals surface area contributed by atoms with E-state index in [4.69, 9.17) is 16.3 Å². The summed E-state index contributed by atoms with van der Waals surface area (Å²) in [6.07, 6.45) is 4.77. The lowest BCUT2D eigenvalue weighted by Gasteiger charge is -2.21. The molecule has 1 fully saturated rings. The second kappa shape index (κ2) is 9.03. The average molecular weight is 429 g/mol. The Hall–Kier alpha value is -2.28. The minimum absolute atomic E-state index is 0.154.